The zero-order valence-electron chi connectivity index (χ0n) is 25.7. The molecular weight excluding hydrogens is 500 g/mol. The molecule has 0 amide bonds. The Bertz CT molecular complexity index is 746. The fourth-order valence-corrected chi connectivity index (χ4v) is 5.87. The lowest BCUT2D eigenvalue weighted by Crippen LogP contribution is -2.10. The van der Waals surface area contributed by atoms with E-state index < -0.39 is 0 Å². The number of ether oxygens (including phenoxy) is 2. The van der Waals surface area contributed by atoms with Crippen molar-refractivity contribution in [2.24, 2.45) is 0 Å². The third-order valence-electron chi connectivity index (χ3n) is 7.72. The van der Waals surface area contributed by atoms with Crippen LogP contribution in [-0.4, -0.2) is 36.4 Å². The molecule has 0 aromatic carbocycles. The highest BCUT2D eigenvalue weighted by Gasteiger charge is 2.10. The summed E-state index contributed by atoms with van der Waals surface area (Å²) in [5.74, 6) is 0. The molecule has 0 atom stereocenters. The Labute approximate surface area is 245 Å². The predicted octanol–water partition coefficient (Wildman–Crippen LogP) is 10.7. The molecule has 0 N–H and O–H groups in total. The highest BCUT2D eigenvalue weighted by atomic mass is 32.1. The molecule has 0 fully saturated rings. The molecule has 0 saturated carbocycles. The largest absolute Gasteiger partial charge is 0.381 e. The van der Waals surface area contributed by atoms with E-state index in [1.807, 2.05) is 0 Å². The lowest BCUT2D eigenvalue weighted by molar-refractivity contribution is 0.128. The summed E-state index contributed by atoms with van der Waals surface area (Å²) in [7, 11) is 0. The standard InChI is InChI=1S/C34H60N2O2S/c1-3-5-7-9-11-13-15-17-19-21-25-37-27-23-31-32(36-34-30-39-29-33(34)35-31)24-28-38-26-22-20-18-16-14-12-10-8-6-4-2/h29-30H,3-28H2,1-2H3. The second kappa shape index (κ2) is 24.7. The monoisotopic (exact) mass is 560 g/mol. The first-order chi connectivity index (χ1) is 19.3. The molecule has 0 bridgehead atoms. The molecular formula is C34H60N2O2S. The van der Waals surface area contributed by atoms with Crippen molar-refractivity contribution in [2.75, 3.05) is 26.4 Å². The van der Waals surface area contributed by atoms with Crippen LogP contribution in [-0.2, 0) is 22.3 Å². The molecule has 2 aromatic rings. The summed E-state index contributed by atoms with van der Waals surface area (Å²) in [4.78, 5) is 9.84. The third-order valence-corrected chi connectivity index (χ3v) is 8.44. The maximum Gasteiger partial charge on any atom is 0.0997 e. The molecule has 0 saturated heterocycles. The van der Waals surface area contributed by atoms with E-state index in [0.29, 0.717) is 0 Å². The Morgan fingerprint density at radius 1 is 0.462 bits per heavy atom. The Morgan fingerprint density at radius 2 is 0.795 bits per heavy atom. The van der Waals surface area contributed by atoms with Crippen LogP contribution in [0, 0.1) is 0 Å². The van der Waals surface area contributed by atoms with Gasteiger partial charge in [0.2, 0.25) is 0 Å². The summed E-state index contributed by atoms with van der Waals surface area (Å²) in [6.45, 7) is 7.76. The van der Waals surface area contributed by atoms with Crippen molar-refractivity contribution in [1.29, 1.82) is 0 Å². The zero-order chi connectivity index (χ0) is 27.6. The lowest BCUT2D eigenvalue weighted by Gasteiger charge is -2.10. The van der Waals surface area contributed by atoms with Crippen molar-refractivity contribution in [1.82, 2.24) is 9.97 Å². The Balaban J connectivity index is 1.52. The highest BCUT2D eigenvalue weighted by Crippen LogP contribution is 2.19. The van der Waals surface area contributed by atoms with E-state index >= 15 is 0 Å². The predicted molar refractivity (Wildman–Crippen MR) is 170 cm³/mol. The van der Waals surface area contributed by atoms with Crippen molar-refractivity contribution in [3.63, 3.8) is 0 Å². The van der Waals surface area contributed by atoms with Gasteiger partial charge in [-0.25, -0.2) is 9.97 Å². The molecule has 5 heteroatoms. The van der Waals surface area contributed by atoms with E-state index in [1.165, 1.54) is 128 Å². The summed E-state index contributed by atoms with van der Waals surface area (Å²) in [6, 6.07) is 0. The van der Waals surface area contributed by atoms with Crippen LogP contribution in [0.4, 0.5) is 0 Å². The number of aromatic nitrogens is 2. The van der Waals surface area contributed by atoms with Gasteiger partial charge < -0.3 is 9.47 Å². The molecule has 0 spiro atoms. The quantitative estimate of drug-likeness (QED) is 0.0971. The Morgan fingerprint density at radius 3 is 1.15 bits per heavy atom. The van der Waals surface area contributed by atoms with Gasteiger partial charge in [-0.1, -0.05) is 129 Å². The second-order valence-corrected chi connectivity index (χ2v) is 12.1. The van der Waals surface area contributed by atoms with Crippen LogP contribution < -0.4 is 0 Å². The van der Waals surface area contributed by atoms with E-state index in [2.05, 4.69) is 24.6 Å². The maximum absolute atomic E-state index is 5.98. The summed E-state index contributed by atoms with van der Waals surface area (Å²) in [5.41, 5.74) is 4.21. The van der Waals surface area contributed by atoms with Gasteiger partial charge in [-0.15, -0.1) is 11.3 Å². The third kappa shape index (κ3) is 17.4. The van der Waals surface area contributed by atoms with Crippen LogP contribution in [0.15, 0.2) is 10.8 Å². The summed E-state index contributed by atoms with van der Waals surface area (Å²) in [6.07, 6.45) is 28.9. The van der Waals surface area contributed by atoms with Gasteiger partial charge in [0.15, 0.2) is 0 Å². The maximum atomic E-state index is 5.98. The molecule has 2 aromatic heterocycles. The first-order valence-electron chi connectivity index (χ1n) is 16.7. The van der Waals surface area contributed by atoms with Crippen molar-refractivity contribution in [2.45, 2.75) is 155 Å². The van der Waals surface area contributed by atoms with E-state index in [9.17, 15) is 0 Å². The molecule has 0 aliphatic heterocycles. The van der Waals surface area contributed by atoms with Crippen molar-refractivity contribution < 1.29 is 9.47 Å². The zero-order valence-corrected chi connectivity index (χ0v) is 26.5. The SMILES string of the molecule is CCCCCCCCCCCCOCCc1nc2cscc2nc1CCOCCCCCCCCCCCC. The fourth-order valence-electron chi connectivity index (χ4n) is 5.20. The average Bonchev–Trinajstić information content (AvgIpc) is 3.41. The molecule has 0 aliphatic rings. The topological polar surface area (TPSA) is 44.2 Å². The minimum Gasteiger partial charge on any atom is -0.381 e. The number of hydrogen-bond donors (Lipinski definition) is 0. The van der Waals surface area contributed by atoms with E-state index in [0.717, 1.165) is 61.7 Å². The number of thiophene rings is 1. The molecule has 0 radical (unpaired) electrons. The summed E-state index contributed by atoms with van der Waals surface area (Å²) < 4.78 is 12.0. The number of nitrogens with zero attached hydrogens (tertiary/aromatic N) is 2. The second-order valence-electron chi connectivity index (χ2n) is 11.3. The van der Waals surface area contributed by atoms with Crippen molar-refractivity contribution in [3.05, 3.63) is 22.1 Å². The van der Waals surface area contributed by atoms with Gasteiger partial charge in [-0.3, -0.25) is 0 Å². The van der Waals surface area contributed by atoms with Gasteiger partial charge in [-0.05, 0) is 12.8 Å². The molecule has 2 heterocycles. The molecule has 4 nitrogen and oxygen atoms in total. The molecule has 0 aliphatic carbocycles. The minimum absolute atomic E-state index is 0.730. The van der Waals surface area contributed by atoms with Gasteiger partial charge >= 0.3 is 0 Å². The Hall–Kier alpha value is -1.04. The van der Waals surface area contributed by atoms with E-state index in [-0.39, 0.29) is 0 Å². The molecule has 39 heavy (non-hydrogen) atoms. The van der Waals surface area contributed by atoms with Crippen molar-refractivity contribution >= 4 is 22.4 Å². The molecule has 224 valence electrons. The normalized spacial score (nSPS) is 11.6. The molecule has 0 unspecified atom stereocenters. The van der Waals surface area contributed by atoms with E-state index in [4.69, 9.17) is 19.4 Å². The minimum atomic E-state index is 0.730. The number of rotatable bonds is 28. The van der Waals surface area contributed by atoms with Gasteiger partial charge in [0.25, 0.3) is 0 Å². The van der Waals surface area contributed by atoms with Crippen LogP contribution in [0.3, 0.4) is 0 Å². The van der Waals surface area contributed by atoms with Gasteiger partial charge in [0.05, 0.1) is 35.6 Å². The first-order valence-corrected chi connectivity index (χ1v) is 17.7. The summed E-state index contributed by atoms with van der Waals surface area (Å²) >= 11 is 1.68. The van der Waals surface area contributed by atoms with Crippen LogP contribution in [0.25, 0.3) is 11.0 Å². The van der Waals surface area contributed by atoms with Gasteiger partial charge in [0, 0.05) is 36.8 Å². The smallest absolute Gasteiger partial charge is 0.0997 e. The fraction of sp³-hybridized carbons (Fsp3) is 0.824. The highest BCUT2D eigenvalue weighted by molar-refractivity contribution is 7.09. The number of hydrogen-bond acceptors (Lipinski definition) is 5. The van der Waals surface area contributed by atoms with Gasteiger partial charge in [0.1, 0.15) is 0 Å². The number of unbranched alkanes of at least 4 members (excludes halogenated alkanes) is 18. The van der Waals surface area contributed by atoms with Crippen LogP contribution >= 0.6 is 11.3 Å². The Kier molecular flexibility index (Phi) is 21.7. The van der Waals surface area contributed by atoms with Crippen molar-refractivity contribution in [3.8, 4) is 0 Å². The van der Waals surface area contributed by atoms with Crippen LogP contribution in [0.5, 0.6) is 0 Å². The van der Waals surface area contributed by atoms with E-state index in [1.54, 1.807) is 11.3 Å². The van der Waals surface area contributed by atoms with Gasteiger partial charge in [-0.2, -0.15) is 0 Å². The van der Waals surface area contributed by atoms with Crippen LogP contribution in [0.2, 0.25) is 0 Å². The summed E-state index contributed by atoms with van der Waals surface area (Å²) in [5, 5.41) is 4.20. The molecule has 2 rings (SSSR count). The average molecular weight is 561 g/mol. The van der Waals surface area contributed by atoms with Crippen LogP contribution in [0.1, 0.15) is 154 Å². The lowest BCUT2D eigenvalue weighted by atomic mass is 10.1. The first kappa shape index (κ1) is 34.2. The number of fused-ring (bicyclic) bond motifs is 1.